The van der Waals surface area contributed by atoms with Crippen LogP contribution in [0.1, 0.15) is 11.3 Å². The van der Waals surface area contributed by atoms with Crippen molar-refractivity contribution < 1.29 is 23.1 Å². The molecule has 0 bridgehead atoms. The number of halogens is 1. The third kappa shape index (κ3) is 4.16. The van der Waals surface area contributed by atoms with Crippen molar-refractivity contribution in [3.63, 3.8) is 0 Å². The van der Waals surface area contributed by atoms with Crippen LogP contribution in [0.4, 0.5) is 14.9 Å². The van der Waals surface area contributed by atoms with E-state index in [1.165, 1.54) is 13.2 Å². The lowest BCUT2D eigenvalue weighted by Gasteiger charge is -2.28. The van der Waals surface area contributed by atoms with Crippen molar-refractivity contribution in [3.05, 3.63) is 59.5 Å². The maximum atomic E-state index is 14.2. The Bertz CT molecular complexity index is 1400. The summed E-state index contributed by atoms with van der Waals surface area (Å²) in [6.45, 7) is 0.792. The smallest absolute Gasteiger partial charge is 0.322 e. The molecule has 0 unspecified atom stereocenters. The van der Waals surface area contributed by atoms with Crippen LogP contribution < -0.4 is 14.8 Å². The Balaban J connectivity index is 1.39. The summed E-state index contributed by atoms with van der Waals surface area (Å²) >= 11 is 0. The van der Waals surface area contributed by atoms with Crippen molar-refractivity contribution in [2.45, 2.75) is 13.0 Å². The van der Waals surface area contributed by atoms with Crippen LogP contribution in [0, 0.1) is 5.82 Å². The maximum Gasteiger partial charge on any atom is 0.322 e. The van der Waals surface area contributed by atoms with Crippen LogP contribution in [0.3, 0.4) is 0 Å². The SMILES string of the molecule is COc1ccc(NC(=O)N2CCc3c(c(-c4nnc(-c5ccccc5F)o4)nn3C)C2)c(OC)c1. The van der Waals surface area contributed by atoms with Gasteiger partial charge in [0.1, 0.15) is 17.3 Å². The molecule has 0 saturated heterocycles. The summed E-state index contributed by atoms with van der Waals surface area (Å²) in [7, 11) is 4.92. The van der Waals surface area contributed by atoms with E-state index < -0.39 is 5.82 Å². The van der Waals surface area contributed by atoms with E-state index in [1.54, 1.807) is 53.1 Å². The van der Waals surface area contributed by atoms with Crippen LogP contribution in [0.15, 0.2) is 46.9 Å². The second-order valence-corrected chi connectivity index (χ2v) is 7.96. The van der Waals surface area contributed by atoms with Crippen LogP contribution in [-0.2, 0) is 20.0 Å². The van der Waals surface area contributed by atoms with Gasteiger partial charge in [0, 0.05) is 37.3 Å². The van der Waals surface area contributed by atoms with Crippen LogP contribution in [0.25, 0.3) is 23.0 Å². The largest absolute Gasteiger partial charge is 0.497 e. The molecule has 35 heavy (non-hydrogen) atoms. The summed E-state index contributed by atoms with van der Waals surface area (Å²) < 4.78 is 32.3. The van der Waals surface area contributed by atoms with Crippen molar-refractivity contribution in [1.82, 2.24) is 24.9 Å². The molecule has 180 valence electrons. The number of hydrogen-bond donors (Lipinski definition) is 1. The number of rotatable bonds is 5. The summed E-state index contributed by atoms with van der Waals surface area (Å²) in [6, 6.07) is 11.1. The predicted octanol–water partition coefficient (Wildman–Crippen LogP) is 3.88. The second-order valence-electron chi connectivity index (χ2n) is 7.96. The zero-order valence-corrected chi connectivity index (χ0v) is 19.4. The van der Waals surface area contributed by atoms with E-state index in [9.17, 15) is 9.18 Å². The number of aryl methyl sites for hydroxylation is 1. The van der Waals surface area contributed by atoms with Gasteiger partial charge in [0.2, 0.25) is 0 Å². The normalized spacial score (nSPS) is 12.9. The quantitative estimate of drug-likeness (QED) is 0.464. The average Bonchev–Trinajstić information content (AvgIpc) is 3.49. The van der Waals surface area contributed by atoms with Gasteiger partial charge < -0.3 is 24.1 Å². The van der Waals surface area contributed by atoms with Crippen molar-refractivity contribution >= 4 is 11.7 Å². The number of fused-ring (bicyclic) bond motifs is 1. The summed E-state index contributed by atoms with van der Waals surface area (Å²) in [5, 5.41) is 15.5. The van der Waals surface area contributed by atoms with Crippen molar-refractivity contribution in [2.75, 3.05) is 26.1 Å². The number of benzene rings is 2. The van der Waals surface area contributed by atoms with Crippen LogP contribution >= 0.6 is 0 Å². The van der Waals surface area contributed by atoms with Crippen molar-refractivity contribution in [1.29, 1.82) is 0 Å². The highest BCUT2D eigenvalue weighted by molar-refractivity contribution is 5.91. The fourth-order valence-corrected chi connectivity index (χ4v) is 4.10. The zero-order valence-electron chi connectivity index (χ0n) is 19.4. The van der Waals surface area contributed by atoms with Crippen molar-refractivity contribution in [2.24, 2.45) is 7.05 Å². The standard InChI is InChI=1S/C24H23FN6O4/c1-30-19-10-11-31(24(32)26-18-9-8-14(33-2)12-20(18)34-3)13-16(19)21(29-30)23-28-27-22(35-23)15-6-4-5-7-17(15)25/h4-9,12H,10-11,13H2,1-3H3,(H,26,32). The Morgan fingerprint density at radius 2 is 1.91 bits per heavy atom. The van der Waals surface area contributed by atoms with E-state index in [1.807, 2.05) is 7.05 Å². The molecule has 0 fully saturated rings. The van der Waals surface area contributed by atoms with Gasteiger partial charge in [-0.2, -0.15) is 5.10 Å². The van der Waals surface area contributed by atoms with Gasteiger partial charge in [-0.05, 0) is 24.3 Å². The molecule has 1 aliphatic rings. The highest BCUT2D eigenvalue weighted by Crippen LogP contribution is 2.33. The Morgan fingerprint density at radius 1 is 1.11 bits per heavy atom. The molecule has 2 aromatic heterocycles. The number of ether oxygens (including phenoxy) is 2. The van der Waals surface area contributed by atoms with Gasteiger partial charge in [-0.25, -0.2) is 9.18 Å². The molecule has 2 amide bonds. The third-order valence-corrected chi connectivity index (χ3v) is 5.91. The Hall–Kier alpha value is -4.41. The first-order valence-corrected chi connectivity index (χ1v) is 10.9. The Morgan fingerprint density at radius 3 is 2.69 bits per heavy atom. The van der Waals surface area contributed by atoms with Crippen LogP contribution in [-0.4, -0.2) is 51.7 Å². The summed E-state index contributed by atoms with van der Waals surface area (Å²) in [5.41, 5.74) is 2.99. The predicted molar refractivity (Wildman–Crippen MR) is 125 cm³/mol. The van der Waals surface area contributed by atoms with Gasteiger partial charge in [-0.15, -0.1) is 10.2 Å². The molecule has 0 spiro atoms. The van der Waals surface area contributed by atoms with Crippen LogP contribution in [0.2, 0.25) is 0 Å². The Kier molecular flexibility index (Phi) is 5.81. The number of methoxy groups -OCH3 is 2. The van der Waals surface area contributed by atoms with Gasteiger partial charge in [0.25, 0.3) is 11.8 Å². The summed E-state index contributed by atoms with van der Waals surface area (Å²) in [5.74, 6) is 0.886. The molecule has 0 aliphatic carbocycles. The first kappa shape index (κ1) is 22.4. The van der Waals surface area contributed by atoms with E-state index in [-0.39, 0.29) is 23.4 Å². The summed E-state index contributed by atoms with van der Waals surface area (Å²) in [4.78, 5) is 14.8. The van der Waals surface area contributed by atoms with Gasteiger partial charge in [0.05, 0.1) is 32.0 Å². The maximum absolute atomic E-state index is 14.2. The van der Waals surface area contributed by atoms with E-state index in [0.717, 1.165) is 11.3 Å². The first-order chi connectivity index (χ1) is 17.0. The molecule has 10 nitrogen and oxygen atoms in total. The molecule has 2 aromatic carbocycles. The fourth-order valence-electron chi connectivity index (χ4n) is 4.10. The number of nitrogens with one attached hydrogen (secondary N) is 1. The molecule has 1 N–H and O–H groups in total. The molecule has 0 radical (unpaired) electrons. The molecule has 0 atom stereocenters. The molecule has 5 rings (SSSR count). The number of amides is 2. The van der Waals surface area contributed by atoms with E-state index in [4.69, 9.17) is 13.9 Å². The minimum atomic E-state index is -0.456. The molecule has 3 heterocycles. The number of carbonyl (C=O) groups excluding carboxylic acids is 1. The topological polar surface area (TPSA) is 108 Å². The number of nitrogens with zero attached hydrogens (tertiary/aromatic N) is 5. The van der Waals surface area contributed by atoms with E-state index in [0.29, 0.717) is 42.4 Å². The van der Waals surface area contributed by atoms with Crippen molar-refractivity contribution in [3.8, 4) is 34.5 Å². The lowest BCUT2D eigenvalue weighted by molar-refractivity contribution is 0.205. The number of hydrogen-bond acceptors (Lipinski definition) is 7. The Labute approximate surface area is 200 Å². The van der Waals surface area contributed by atoms with Gasteiger partial charge in [-0.1, -0.05) is 12.1 Å². The first-order valence-electron chi connectivity index (χ1n) is 10.9. The molecule has 1 aliphatic heterocycles. The highest BCUT2D eigenvalue weighted by Gasteiger charge is 2.30. The molecular weight excluding hydrogens is 455 g/mol. The van der Waals surface area contributed by atoms with Gasteiger partial charge in [0.15, 0.2) is 5.69 Å². The van der Waals surface area contributed by atoms with E-state index in [2.05, 4.69) is 20.6 Å². The molecular formula is C24H23FN6O4. The molecule has 4 aromatic rings. The summed E-state index contributed by atoms with van der Waals surface area (Å²) in [6.07, 6.45) is 0.598. The van der Waals surface area contributed by atoms with Gasteiger partial charge in [-0.3, -0.25) is 4.68 Å². The number of aromatic nitrogens is 4. The minimum absolute atomic E-state index is 0.0644. The molecule has 11 heteroatoms. The second kappa shape index (κ2) is 9.09. The van der Waals surface area contributed by atoms with Gasteiger partial charge >= 0.3 is 6.03 Å². The lowest BCUT2D eigenvalue weighted by atomic mass is 10.1. The zero-order chi connectivity index (χ0) is 24.5. The molecule has 0 saturated carbocycles. The lowest BCUT2D eigenvalue weighted by Crippen LogP contribution is -2.39. The number of urea groups is 1. The van der Waals surface area contributed by atoms with Crippen LogP contribution in [0.5, 0.6) is 11.5 Å². The fraction of sp³-hybridized carbons (Fsp3) is 0.250. The number of carbonyl (C=O) groups is 1. The highest BCUT2D eigenvalue weighted by atomic mass is 19.1. The number of anilines is 1. The monoisotopic (exact) mass is 478 g/mol. The third-order valence-electron chi connectivity index (χ3n) is 5.91. The average molecular weight is 478 g/mol. The minimum Gasteiger partial charge on any atom is -0.497 e. The van der Waals surface area contributed by atoms with E-state index >= 15 is 0 Å².